The third-order valence-electron chi connectivity index (χ3n) is 5.63. The Balaban J connectivity index is 1.67. The van der Waals surface area contributed by atoms with E-state index in [1.807, 2.05) is 0 Å². The first-order valence-corrected chi connectivity index (χ1v) is 14.3. The molecule has 216 valence electrons. The maximum Gasteiger partial charge on any atom is 0.280 e. The van der Waals surface area contributed by atoms with Gasteiger partial charge in [-0.25, -0.2) is 13.4 Å². The highest BCUT2D eigenvalue weighted by atomic mass is 32.2. The van der Waals surface area contributed by atoms with Gasteiger partial charge in [-0.3, -0.25) is 24.4 Å². The summed E-state index contributed by atoms with van der Waals surface area (Å²) in [7, 11) is -1.26. The highest BCUT2D eigenvalue weighted by Gasteiger charge is 2.22. The van der Waals surface area contributed by atoms with Gasteiger partial charge >= 0.3 is 0 Å². The summed E-state index contributed by atoms with van der Waals surface area (Å²) in [4.78, 5) is 41.3. The minimum absolute atomic E-state index is 0.0501. The molecule has 3 aromatic carbocycles. The lowest BCUT2D eigenvalue weighted by atomic mass is 10.1. The molecule has 0 bridgehead atoms. The van der Waals surface area contributed by atoms with Crippen LogP contribution in [-0.2, 0) is 14.8 Å². The summed E-state index contributed by atoms with van der Waals surface area (Å²) in [5.41, 5.74) is -0.364. The van der Waals surface area contributed by atoms with Gasteiger partial charge in [0, 0.05) is 22.8 Å². The Bertz CT molecular complexity index is 1740. The molecule has 15 heteroatoms. The molecule has 0 unspecified atom stereocenters. The predicted octanol–water partition coefficient (Wildman–Crippen LogP) is 4.28. The van der Waals surface area contributed by atoms with Crippen LogP contribution in [0.2, 0.25) is 0 Å². The van der Waals surface area contributed by atoms with Gasteiger partial charge in [0.1, 0.15) is 5.70 Å². The van der Waals surface area contributed by atoms with Crippen molar-refractivity contribution < 1.29 is 32.4 Å². The van der Waals surface area contributed by atoms with Crippen LogP contribution in [0, 0.1) is 10.1 Å². The van der Waals surface area contributed by atoms with Crippen LogP contribution in [0.5, 0.6) is 11.5 Å². The van der Waals surface area contributed by atoms with Crippen molar-refractivity contribution in [3.05, 3.63) is 105 Å². The van der Waals surface area contributed by atoms with Gasteiger partial charge in [0.05, 0.1) is 35.7 Å². The molecule has 0 aliphatic carbocycles. The zero-order valence-electron chi connectivity index (χ0n) is 22.1. The first-order valence-electron chi connectivity index (χ1n) is 11.9. The number of hydrogen-bond donors (Lipinski definition) is 3. The Morgan fingerprint density at radius 2 is 1.67 bits per heavy atom. The van der Waals surface area contributed by atoms with Gasteiger partial charge in [0.15, 0.2) is 16.6 Å². The predicted molar refractivity (Wildman–Crippen MR) is 156 cm³/mol. The summed E-state index contributed by atoms with van der Waals surface area (Å²) in [5.74, 6) is -1.22. The van der Waals surface area contributed by atoms with Gasteiger partial charge in [0.2, 0.25) is 0 Å². The SMILES string of the molecule is COc1cc(/C=C(\NC(=O)c2ccccc2)C(=O)Nc2ccc(S(=O)(=O)Nc3nccs3)cc2)c([N+](=O)[O-])cc1OC. The van der Waals surface area contributed by atoms with Gasteiger partial charge in [-0.05, 0) is 48.5 Å². The molecule has 3 N–H and O–H groups in total. The highest BCUT2D eigenvalue weighted by Crippen LogP contribution is 2.35. The van der Waals surface area contributed by atoms with Crippen LogP contribution in [0.4, 0.5) is 16.5 Å². The molecule has 1 aromatic heterocycles. The first-order chi connectivity index (χ1) is 20.1. The average Bonchev–Trinajstić information content (AvgIpc) is 3.49. The lowest BCUT2D eigenvalue weighted by Gasteiger charge is -2.13. The number of benzene rings is 3. The second-order valence-electron chi connectivity index (χ2n) is 8.32. The minimum atomic E-state index is -3.93. The standard InChI is InChI=1S/C27H23N5O8S2/c1-39-23-15-18(22(32(35)36)16-24(23)40-2)14-21(30-25(33)17-6-4-3-5-7-17)26(34)29-19-8-10-20(11-9-19)42(37,38)31-27-28-12-13-41-27/h3-16H,1-2H3,(H,28,31)(H,29,34)(H,30,33)/b21-14-. The van der Waals surface area contributed by atoms with Crippen molar-refractivity contribution in [3.63, 3.8) is 0 Å². The van der Waals surface area contributed by atoms with E-state index in [2.05, 4.69) is 20.3 Å². The molecule has 13 nitrogen and oxygen atoms in total. The van der Waals surface area contributed by atoms with Crippen molar-refractivity contribution in [2.45, 2.75) is 4.90 Å². The molecule has 0 saturated heterocycles. The number of hydrogen-bond acceptors (Lipinski definition) is 10. The molecule has 0 spiro atoms. The van der Waals surface area contributed by atoms with Gasteiger partial charge in [-0.2, -0.15) is 0 Å². The van der Waals surface area contributed by atoms with Crippen LogP contribution >= 0.6 is 11.3 Å². The second kappa shape index (κ2) is 12.9. The summed E-state index contributed by atoms with van der Waals surface area (Å²) in [6, 6.07) is 15.7. The molecule has 0 radical (unpaired) electrons. The summed E-state index contributed by atoms with van der Waals surface area (Å²) in [6.45, 7) is 0. The van der Waals surface area contributed by atoms with E-state index in [0.717, 1.165) is 23.5 Å². The third kappa shape index (κ3) is 7.07. The van der Waals surface area contributed by atoms with Crippen LogP contribution in [0.1, 0.15) is 15.9 Å². The number of carbonyl (C=O) groups excluding carboxylic acids is 2. The van der Waals surface area contributed by atoms with Crippen molar-refractivity contribution in [1.82, 2.24) is 10.3 Å². The molecule has 0 atom stereocenters. The van der Waals surface area contributed by atoms with E-state index in [0.29, 0.717) is 0 Å². The number of aromatic nitrogens is 1. The highest BCUT2D eigenvalue weighted by molar-refractivity contribution is 7.93. The van der Waals surface area contributed by atoms with Crippen molar-refractivity contribution in [2.24, 2.45) is 0 Å². The smallest absolute Gasteiger partial charge is 0.280 e. The number of rotatable bonds is 11. The van der Waals surface area contributed by atoms with Gasteiger partial charge in [-0.15, -0.1) is 11.3 Å². The van der Waals surface area contributed by atoms with E-state index >= 15 is 0 Å². The maximum absolute atomic E-state index is 13.4. The minimum Gasteiger partial charge on any atom is -0.493 e. The molecule has 0 aliphatic rings. The zero-order valence-corrected chi connectivity index (χ0v) is 23.7. The number of sulfonamides is 1. The number of carbonyl (C=O) groups is 2. The number of nitro benzene ring substituents is 1. The molecule has 42 heavy (non-hydrogen) atoms. The molecular formula is C27H23N5O8S2. The van der Waals surface area contributed by atoms with Crippen molar-refractivity contribution >= 4 is 55.8 Å². The summed E-state index contributed by atoms with van der Waals surface area (Å²) in [6.07, 6.45) is 2.59. The van der Waals surface area contributed by atoms with E-state index in [1.165, 1.54) is 62.9 Å². The largest absolute Gasteiger partial charge is 0.493 e. The van der Waals surface area contributed by atoms with E-state index in [4.69, 9.17) is 9.47 Å². The van der Waals surface area contributed by atoms with Crippen molar-refractivity contribution in [2.75, 3.05) is 24.3 Å². The van der Waals surface area contributed by atoms with Gasteiger partial charge in [-0.1, -0.05) is 18.2 Å². The fourth-order valence-corrected chi connectivity index (χ4v) is 5.41. The normalized spacial score (nSPS) is 11.3. The second-order valence-corrected chi connectivity index (χ2v) is 10.9. The number of anilines is 2. The number of nitrogens with zero attached hydrogens (tertiary/aromatic N) is 2. The third-order valence-corrected chi connectivity index (χ3v) is 7.81. The fraction of sp³-hybridized carbons (Fsp3) is 0.0741. The summed E-state index contributed by atoms with van der Waals surface area (Å²) >= 11 is 1.11. The topological polar surface area (TPSA) is 179 Å². The van der Waals surface area contributed by atoms with Crippen LogP contribution in [0.25, 0.3) is 6.08 Å². The van der Waals surface area contributed by atoms with Gasteiger partial charge < -0.3 is 20.1 Å². The number of nitrogens with one attached hydrogen (secondary N) is 3. The van der Waals surface area contributed by atoms with Crippen LogP contribution in [-0.4, -0.2) is 44.4 Å². The molecule has 0 aliphatic heterocycles. The molecule has 1 heterocycles. The number of ether oxygens (including phenoxy) is 2. The van der Waals surface area contributed by atoms with E-state index in [-0.39, 0.29) is 44.0 Å². The summed E-state index contributed by atoms with van der Waals surface area (Å²) in [5, 5.41) is 18.7. The maximum atomic E-state index is 13.4. The Morgan fingerprint density at radius 3 is 2.26 bits per heavy atom. The molecule has 0 fully saturated rings. The Morgan fingerprint density at radius 1 is 1.00 bits per heavy atom. The Hall–Kier alpha value is -5.28. The molecule has 4 rings (SSSR count). The van der Waals surface area contributed by atoms with E-state index in [9.17, 15) is 28.1 Å². The average molecular weight is 610 g/mol. The number of thiazole rings is 1. The Labute approximate surface area is 244 Å². The lowest BCUT2D eigenvalue weighted by Crippen LogP contribution is -2.30. The molecular weight excluding hydrogens is 586 g/mol. The van der Waals surface area contributed by atoms with Crippen molar-refractivity contribution in [3.8, 4) is 11.5 Å². The number of nitro groups is 1. The lowest BCUT2D eigenvalue weighted by molar-refractivity contribution is -0.385. The number of methoxy groups -OCH3 is 2. The van der Waals surface area contributed by atoms with E-state index in [1.54, 1.807) is 23.6 Å². The monoisotopic (exact) mass is 609 g/mol. The zero-order chi connectivity index (χ0) is 30.3. The fourth-order valence-electron chi connectivity index (χ4n) is 3.62. The molecule has 0 saturated carbocycles. The molecule has 4 aromatic rings. The van der Waals surface area contributed by atoms with E-state index < -0.39 is 32.4 Å². The van der Waals surface area contributed by atoms with Gasteiger partial charge in [0.25, 0.3) is 27.5 Å². The van der Waals surface area contributed by atoms with Crippen molar-refractivity contribution in [1.29, 1.82) is 0 Å². The summed E-state index contributed by atoms with van der Waals surface area (Å²) < 4.78 is 38.0. The molecule has 2 amide bonds. The van der Waals surface area contributed by atoms with Crippen LogP contribution in [0.3, 0.4) is 0 Å². The van der Waals surface area contributed by atoms with Crippen LogP contribution in [0.15, 0.2) is 88.9 Å². The van der Waals surface area contributed by atoms with Crippen LogP contribution < -0.4 is 24.8 Å². The Kier molecular flexibility index (Phi) is 9.14. The first kappa shape index (κ1) is 29.7. The quantitative estimate of drug-likeness (QED) is 0.127. The number of amides is 2.